The molecule has 0 unspecified atom stereocenters. The van der Waals surface area contributed by atoms with Gasteiger partial charge in [-0.2, -0.15) is 0 Å². The van der Waals surface area contributed by atoms with Crippen molar-refractivity contribution in [3.8, 4) is 0 Å². The number of hydrazine groups is 2. The molecule has 0 amide bonds. The molecule has 6 nitrogen and oxygen atoms in total. The van der Waals surface area contributed by atoms with E-state index in [2.05, 4.69) is 10.5 Å². The maximum atomic E-state index is 10.7. The van der Waals surface area contributed by atoms with Crippen molar-refractivity contribution in [3.05, 3.63) is 23.3 Å². The number of hydrogen-bond donors (Lipinski definition) is 1. The molecule has 0 aliphatic carbocycles. The molecule has 0 saturated heterocycles. The SMILES string of the molecule is CC(=O)OCC1=NC2=CN(C)NN2C(Cl)=C1. The van der Waals surface area contributed by atoms with E-state index in [4.69, 9.17) is 16.3 Å². The smallest absolute Gasteiger partial charge is 0.303 e. The standard InChI is InChI=1S/C9H11ClN4O2/c1-6(15)16-5-7-3-8(10)14-9(11-7)4-13(2)12-14/h3-4,12H,5H2,1-2H3. The lowest BCUT2D eigenvalue weighted by molar-refractivity contribution is -0.139. The third-order valence-electron chi connectivity index (χ3n) is 1.98. The summed E-state index contributed by atoms with van der Waals surface area (Å²) < 4.78 is 4.85. The molecule has 0 spiro atoms. The van der Waals surface area contributed by atoms with Crippen LogP contribution in [0.15, 0.2) is 28.2 Å². The van der Waals surface area contributed by atoms with E-state index in [0.717, 1.165) is 0 Å². The van der Waals surface area contributed by atoms with Crippen molar-refractivity contribution in [3.63, 3.8) is 0 Å². The van der Waals surface area contributed by atoms with Gasteiger partial charge in [0.2, 0.25) is 0 Å². The van der Waals surface area contributed by atoms with Gasteiger partial charge in [0.15, 0.2) is 5.82 Å². The fourth-order valence-corrected chi connectivity index (χ4v) is 1.59. The normalized spacial score (nSPS) is 18.8. The molecule has 0 radical (unpaired) electrons. The van der Waals surface area contributed by atoms with Crippen LogP contribution in [0.5, 0.6) is 0 Å². The number of carbonyl (C=O) groups is 1. The maximum Gasteiger partial charge on any atom is 0.303 e. The summed E-state index contributed by atoms with van der Waals surface area (Å²) in [5.41, 5.74) is 3.56. The van der Waals surface area contributed by atoms with Crippen molar-refractivity contribution in [1.29, 1.82) is 0 Å². The lowest BCUT2D eigenvalue weighted by Gasteiger charge is -2.23. The second-order valence-electron chi connectivity index (χ2n) is 3.38. The topological polar surface area (TPSA) is 57.2 Å². The van der Waals surface area contributed by atoms with Crippen LogP contribution in [0.3, 0.4) is 0 Å². The van der Waals surface area contributed by atoms with E-state index >= 15 is 0 Å². The van der Waals surface area contributed by atoms with E-state index in [-0.39, 0.29) is 12.6 Å². The molecule has 2 aliphatic rings. The summed E-state index contributed by atoms with van der Waals surface area (Å²) in [5.74, 6) is 0.322. The highest BCUT2D eigenvalue weighted by molar-refractivity contribution is 6.31. The van der Waals surface area contributed by atoms with Gasteiger partial charge in [0, 0.05) is 20.0 Å². The van der Waals surface area contributed by atoms with Gasteiger partial charge in [-0.15, -0.1) is 5.53 Å². The molecule has 0 saturated carbocycles. The second-order valence-corrected chi connectivity index (χ2v) is 3.77. The Morgan fingerprint density at radius 3 is 3.12 bits per heavy atom. The number of rotatable bonds is 2. The molecule has 1 N–H and O–H groups in total. The predicted octanol–water partition coefficient (Wildman–Crippen LogP) is 0.550. The summed E-state index contributed by atoms with van der Waals surface area (Å²) in [6, 6.07) is 0. The average Bonchev–Trinajstić information content (AvgIpc) is 2.56. The molecular formula is C9H11ClN4O2. The van der Waals surface area contributed by atoms with E-state index in [9.17, 15) is 4.79 Å². The second kappa shape index (κ2) is 4.15. The van der Waals surface area contributed by atoms with Crippen molar-refractivity contribution in [2.24, 2.45) is 4.99 Å². The van der Waals surface area contributed by atoms with Gasteiger partial charge in [-0.1, -0.05) is 11.6 Å². The highest BCUT2D eigenvalue weighted by Gasteiger charge is 2.24. The molecule has 0 aromatic carbocycles. The first-order chi connectivity index (χ1) is 7.56. The first-order valence-corrected chi connectivity index (χ1v) is 5.03. The van der Waals surface area contributed by atoms with Crippen LogP contribution in [-0.4, -0.2) is 35.4 Å². The Morgan fingerprint density at radius 1 is 1.69 bits per heavy atom. The zero-order valence-corrected chi connectivity index (χ0v) is 9.65. The monoisotopic (exact) mass is 242 g/mol. The van der Waals surface area contributed by atoms with Crippen LogP contribution in [0.4, 0.5) is 0 Å². The zero-order valence-electron chi connectivity index (χ0n) is 8.90. The highest BCUT2D eigenvalue weighted by Crippen LogP contribution is 2.24. The van der Waals surface area contributed by atoms with Gasteiger partial charge < -0.3 is 4.74 Å². The molecule has 0 fully saturated rings. The minimum atomic E-state index is -0.342. The minimum absolute atomic E-state index is 0.125. The van der Waals surface area contributed by atoms with Gasteiger partial charge in [0.25, 0.3) is 0 Å². The Morgan fingerprint density at radius 2 is 2.44 bits per heavy atom. The number of nitrogens with zero attached hydrogens (tertiary/aromatic N) is 3. The number of esters is 1. The molecule has 16 heavy (non-hydrogen) atoms. The molecule has 86 valence electrons. The Hall–Kier alpha value is -1.53. The quantitative estimate of drug-likeness (QED) is 0.566. The van der Waals surface area contributed by atoms with Crippen molar-refractivity contribution < 1.29 is 9.53 Å². The van der Waals surface area contributed by atoms with E-state index < -0.39 is 0 Å². The fraction of sp³-hybridized carbons (Fsp3) is 0.333. The molecule has 2 rings (SSSR count). The summed E-state index contributed by atoms with van der Waals surface area (Å²) in [4.78, 5) is 14.9. The largest absolute Gasteiger partial charge is 0.459 e. The van der Waals surface area contributed by atoms with Crippen LogP contribution < -0.4 is 5.53 Å². The van der Waals surface area contributed by atoms with E-state index in [1.54, 1.807) is 22.3 Å². The third-order valence-corrected chi connectivity index (χ3v) is 2.25. The van der Waals surface area contributed by atoms with Crippen LogP contribution in [0.1, 0.15) is 6.92 Å². The average molecular weight is 243 g/mol. The Bertz CT molecular complexity index is 416. The molecule has 0 aromatic heterocycles. The van der Waals surface area contributed by atoms with Crippen molar-refractivity contribution >= 4 is 23.3 Å². The van der Waals surface area contributed by atoms with Gasteiger partial charge >= 0.3 is 5.97 Å². The lowest BCUT2D eigenvalue weighted by atomic mass is 10.3. The van der Waals surface area contributed by atoms with Crippen LogP contribution in [0.2, 0.25) is 0 Å². The summed E-state index contributed by atoms with van der Waals surface area (Å²) in [7, 11) is 1.83. The summed E-state index contributed by atoms with van der Waals surface area (Å²) in [6.45, 7) is 1.48. The number of nitrogens with one attached hydrogen (secondary N) is 1. The Kier molecular flexibility index (Phi) is 2.84. The maximum absolute atomic E-state index is 10.7. The van der Waals surface area contributed by atoms with Crippen LogP contribution in [0, 0.1) is 0 Å². The van der Waals surface area contributed by atoms with Gasteiger partial charge in [-0.3, -0.25) is 9.80 Å². The molecular weight excluding hydrogens is 232 g/mol. The van der Waals surface area contributed by atoms with Crippen molar-refractivity contribution in [1.82, 2.24) is 15.6 Å². The lowest BCUT2D eigenvalue weighted by Crippen LogP contribution is -2.38. The Labute approximate surface area is 97.8 Å². The molecule has 2 aliphatic heterocycles. The highest BCUT2D eigenvalue weighted by atomic mass is 35.5. The number of carbonyl (C=O) groups excluding carboxylic acids is 1. The number of halogens is 1. The van der Waals surface area contributed by atoms with Gasteiger partial charge in [0.1, 0.15) is 11.8 Å². The first kappa shape index (κ1) is 11.0. The number of aliphatic imine (C=N–C) groups is 1. The molecule has 0 atom stereocenters. The fourth-order valence-electron chi connectivity index (χ4n) is 1.34. The molecule has 2 heterocycles. The van der Waals surface area contributed by atoms with Crippen molar-refractivity contribution in [2.75, 3.05) is 13.7 Å². The summed E-state index contributed by atoms with van der Waals surface area (Å²) in [6.07, 6.45) is 3.43. The van der Waals surface area contributed by atoms with Crippen molar-refractivity contribution in [2.45, 2.75) is 6.92 Å². The van der Waals surface area contributed by atoms with Crippen LogP contribution in [-0.2, 0) is 9.53 Å². The van der Waals surface area contributed by atoms with Gasteiger partial charge in [-0.25, -0.2) is 10.0 Å². The van der Waals surface area contributed by atoms with Gasteiger partial charge in [0.05, 0.1) is 11.9 Å². The predicted molar refractivity (Wildman–Crippen MR) is 58.8 cm³/mol. The summed E-state index contributed by atoms with van der Waals surface area (Å²) in [5, 5.41) is 3.83. The Balaban J connectivity index is 2.13. The van der Waals surface area contributed by atoms with E-state index in [0.29, 0.717) is 16.7 Å². The van der Waals surface area contributed by atoms with Crippen LogP contribution >= 0.6 is 11.6 Å². The molecule has 7 heteroatoms. The minimum Gasteiger partial charge on any atom is -0.459 e. The molecule has 0 aromatic rings. The number of hydrogen-bond acceptors (Lipinski definition) is 6. The van der Waals surface area contributed by atoms with E-state index in [1.165, 1.54) is 6.92 Å². The molecule has 0 bridgehead atoms. The van der Waals surface area contributed by atoms with Crippen LogP contribution in [0.25, 0.3) is 0 Å². The number of ether oxygens (including phenoxy) is 1. The first-order valence-electron chi connectivity index (χ1n) is 4.65. The zero-order chi connectivity index (χ0) is 11.7. The number of fused-ring (bicyclic) bond motifs is 1. The van der Waals surface area contributed by atoms with Gasteiger partial charge in [-0.05, 0) is 0 Å². The third kappa shape index (κ3) is 2.17. The summed E-state index contributed by atoms with van der Waals surface area (Å²) >= 11 is 6.03. The van der Waals surface area contributed by atoms with E-state index in [1.807, 2.05) is 7.05 Å².